The molecule has 0 fully saturated rings. The Morgan fingerprint density at radius 2 is 2.24 bits per heavy atom. The number of nitrogen functional groups attached to an aromatic ring is 1. The fraction of sp³-hybridized carbons (Fsp3) is 0.200. The summed E-state index contributed by atoms with van der Waals surface area (Å²) in [5, 5.41) is 2.77. The number of anilines is 1. The highest BCUT2D eigenvalue weighted by molar-refractivity contribution is 9.10. The van der Waals surface area contributed by atoms with Crippen LogP contribution in [0.5, 0.6) is 0 Å². The predicted octanol–water partition coefficient (Wildman–Crippen LogP) is 3.06. The Morgan fingerprint density at radius 1 is 1.48 bits per heavy atom. The predicted molar refractivity (Wildman–Crippen MR) is 83.3 cm³/mol. The van der Waals surface area contributed by atoms with Gasteiger partial charge in [-0.15, -0.1) is 0 Å². The van der Waals surface area contributed by atoms with Crippen LogP contribution in [0.15, 0.2) is 34.9 Å². The summed E-state index contributed by atoms with van der Waals surface area (Å²) in [6, 6.07) is 6.33. The summed E-state index contributed by atoms with van der Waals surface area (Å²) in [7, 11) is 0. The van der Waals surface area contributed by atoms with Crippen LogP contribution in [-0.4, -0.2) is 10.9 Å². The lowest BCUT2D eigenvalue weighted by molar-refractivity contribution is 0.0949. The smallest absolute Gasteiger partial charge is 0.252 e. The summed E-state index contributed by atoms with van der Waals surface area (Å²) in [5.74, 6) is -0.891. The molecular formula is C15H15BrFN3O. The molecule has 0 saturated carbocycles. The minimum atomic E-state index is -0.559. The van der Waals surface area contributed by atoms with Crippen molar-refractivity contribution in [1.29, 1.82) is 0 Å². The molecule has 1 aromatic carbocycles. The molecule has 0 unspecified atom stereocenters. The third-order valence-corrected chi connectivity index (χ3v) is 3.77. The molecule has 0 radical (unpaired) electrons. The number of halogens is 2. The standard InChI is InChI=1S/C15H15BrFN3O/c1-2-9-4-3-5-19-14(9)8-20-15(21)10-6-13(18)12(17)7-11(10)16/h3-7H,2,8,18H2,1H3,(H,20,21). The molecule has 0 bridgehead atoms. The number of pyridine rings is 1. The second-order valence-corrected chi connectivity index (χ2v) is 5.35. The molecule has 0 saturated heterocycles. The number of rotatable bonds is 4. The molecule has 0 aliphatic carbocycles. The van der Waals surface area contributed by atoms with E-state index in [1.54, 1.807) is 6.20 Å². The third kappa shape index (κ3) is 3.58. The molecule has 2 aromatic rings. The van der Waals surface area contributed by atoms with Gasteiger partial charge >= 0.3 is 0 Å². The number of hydrogen-bond acceptors (Lipinski definition) is 3. The number of amides is 1. The fourth-order valence-electron chi connectivity index (χ4n) is 1.95. The minimum absolute atomic E-state index is 0.0598. The van der Waals surface area contributed by atoms with E-state index >= 15 is 0 Å². The molecule has 0 spiro atoms. The Bertz CT molecular complexity index is 676. The van der Waals surface area contributed by atoms with Gasteiger partial charge in [0.15, 0.2) is 0 Å². The molecule has 1 aromatic heterocycles. The lowest BCUT2D eigenvalue weighted by Gasteiger charge is -2.10. The summed E-state index contributed by atoms with van der Waals surface area (Å²) in [5.41, 5.74) is 7.62. The summed E-state index contributed by atoms with van der Waals surface area (Å²) in [4.78, 5) is 16.4. The van der Waals surface area contributed by atoms with Gasteiger partial charge in [-0.25, -0.2) is 4.39 Å². The van der Waals surface area contributed by atoms with E-state index in [-0.39, 0.29) is 11.6 Å². The normalized spacial score (nSPS) is 10.4. The summed E-state index contributed by atoms with van der Waals surface area (Å²) < 4.78 is 13.6. The second-order valence-electron chi connectivity index (χ2n) is 4.50. The van der Waals surface area contributed by atoms with Crippen molar-refractivity contribution in [2.45, 2.75) is 19.9 Å². The van der Waals surface area contributed by atoms with Gasteiger partial charge in [0.05, 0.1) is 23.5 Å². The highest BCUT2D eigenvalue weighted by Crippen LogP contribution is 2.22. The van der Waals surface area contributed by atoms with Crippen LogP contribution in [0.3, 0.4) is 0 Å². The maximum absolute atomic E-state index is 13.3. The number of carbonyl (C=O) groups excluding carboxylic acids is 1. The van der Waals surface area contributed by atoms with Gasteiger partial charge in [0, 0.05) is 10.7 Å². The van der Waals surface area contributed by atoms with E-state index in [2.05, 4.69) is 26.2 Å². The number of aromatic nitrogens is 1. The lowest BCUT2D eigenvalue weighted by Crippen LogP contribution is -2.24. The van der Waals surface area contributed by atoms with Crippen LogP contribution in [0.1, 0.15) is 28.5 Å². The van der Waals surface area contributed by atoms with E-state index in [9.17, 15) is 9.18 Å². The van der Waals surface area contributed by atoms with E-state index in [1.807, 2.05) is 19.1 Å². The summed E-state index contributed by atoms with van der Waals surface area (Å²) in [6.07, 6.45) is 2.53. The first-order valence-electron chi connectivity index (χ1n) is 6.48. The molecule has 0 aliphatic rings. The fourth-order valence-corrected chi connectivity index (χ4v) is 2.45. The molecule has 6 heteroatoms. The van der Waals surface area contributed by atoms with Crippen molar-refractivity contribution >= 4 is 27.5 Å². The molecule has 1 amide bonds. The number of nitrogens with two attached hydrogens (primary N) is 1. The first-order chi connectivity index (χ1) is 10.0. The SMILES string of the molecule is CCc1cccnc1CNC(=O)c1cc(N)c(F)cc1Br. The minimum Gasteiger partial charge on any atom is -0.396 e. The highest BCUT2D eigenvalue weighted by atomic mass is 79.9. The van der Waals surface area contributed by atoms with E-state index in [0.717, 1.165) is 17.7 Å². The summed E-state index contributed by atoms with van der Waals surface area (Å²) in [6.45, 7) is 2.34. The zero-order valence-corrected chi connectivity index (χ0v) is 13.1. The number of nitrogens with zero attached hydrogens (tertiary/aromatic N) is 1. The monoisotopic (exact) mass is 351 g/mol. The maximum atomic E-state index is 13.3. The van der Waals surface area contributed by atoms with E-state index in [1.165, 1.54) is 12.1 Å². The lowest BCUT2D eigenvalue weighted by atomic mass is 10.1. The van der Waals surface area contributed by atoms with Crippen molar-refractivity contribution in [1.82, 2.24) is 10.3 Å². The van der Waals surface area contributed by atoms with Crippen LogP contribution in [0.4, 0.5) is 10.1 Å². The van der Waals surface area contributed by atoms with E-state index in [4.69, 9.17) is 5.73 Å². The Balaban J connectivity index is 2.14. The van der Waals surface area contributed by atoms with Crippen LogP contribution in [0, 0.1) is 5.82 Å². The van der Waals surface area contributed by atoms with Gasteiger partial charge in [-0.05, 0) is 46.1 Å². The van der Waals surface area contributed by atoms with E-state index < -0.39 is 5.82 Å². The molecule has 0 aliphatic heterocycles. The van der Waals surface area contributed by atoms with Crippen LogP contribution < -0.4 is 11.1 Å². The van der Waals surface area contributed by atoms with Crippen LogP contribution in [0.2, 0.25) is 0 Å². The van der Waals surface area contributed by atoms with Crippen LogP contribution in [0.25, 0.3) is 0 Å². The Hall–Kier alpha value is -1.95. The number of hydrogen-bond donors (Lipinski definition) is 2. The van der Waals surface area contributed by atoms with Crippen molar-refractivity contribution in [3.05, 3.63) is 57.6 Å². The molecule has 1 heterocycles. The van der Waals surface area contributed by atoms with Gasteiger partial charge in [0.1, 0.15) is 5.82 Å². The Labute approximate surface area is 130 Å². The number of aryl methyl sites for hydroxylation is 1. The number of benzene rings is 1. The Kier molecular flexibility index (Phi) is 4.90. The average molecular weight is 352 g/mol. The second kappa shape index (κ2) is 6.67. The molecular weight excluding hydrogens is 337 g/mol. The molecule has 110 valence electrons. The van der Waals surface area contributed by atoms with E-state index in [0.29, 0.717) is 16.6 Å². The first kappa shape index (κ1) is 15.4. The third-order valence-electron chi connectivity index (χ3n) is 3.11. The maximum Gasteiger partial charge on any atom is 0.252 e. The van der Waals surface area contributed by atoms with Crippen molar-refractivity contribution in [3.63, 3.8) is 0 Å². The van der Waals surface area contributed by atoms with Crippen molar-refractivity contribution < 1.29 is 9.18 Å². The van der Waals surface area contributed by atoms with Gasteiger partial charge in [0.2, 0.25) is 0 Å². The van der Waals surface area contributed by atoms with Crippen molar-refractivity contribution in [3.8, 4) is 0 Å². The van der Waals surface area contributed by atoms with Gasteiger partial charge in [-0.3, -0.25) is 9.78 Å². The molecule has 4 nitrogen and oxygen atoms in total. The van der Waals surface area contributed by atoms with Crippen LogP contribution in [-0.2, 0) is 13.0 Å². The van der Waals surface area contributed by atoms with Crippen LogP contribution >= 0.6 is 15.9 Å². The van der Waals surface area contributed by atoms with Gasteiger partial charge < -0.3 is 11.1 Å². The molecule has 21 heavy (non-hydrogen) atoms. The van der Waals surface area contributed by atoms with Gasteiger partial charge in [-0.2, -0.15) is 0 Å². The molecule has 2 rings (SSSR count). The van der Waals surface area contributed by atoms with Gasteiger partial charge in [0.25, 0.3) is 5.91 Å². The van der Waals surface area contributed by atoms with Crippen molar-refractivity contribution in [2.75, 3.05) is 5.73 Å². The zero-order chi connectivity index (χ0) is 15.4. The number of nitrogens with one attached hydrogen (secondary N) is 1. The molecule has 0 atom stereocenters. The highest BCUT2D eigenvalue weighted by Gasteiger charge is 2.13. The molecule has 3 N–H and O–H groups in total. The van der Waals surface area contributed by atoms with Gasteiger partial charge in [-0.1, -0.05) is 13.0 Å². The quantitative estimate of drug-likeness (QED) is 0.831. The summed E-state index contributed by atoms with van der Waals surface area (Å²) >= 11 is 3.16. The first-order valence-corrected chi connectivity index (χ1v) is 7.27. The Morgan fingerprint density at radius 3 is 2.95 bits per heavy atom. The topological polar surface area (TPSA) is 68.0 Å². The van der Waals surface area contributed by atoms with Crippen molar-refractivity contribution in [2.24, 2.45) is 0 Å². The largest absolute Gasteiger partial charge is 0.396 e. The zero-order valence-electron chi connectivity index (χ0n) is 11.5. The average Bonchev–Trinajstić information content (AvgIpc) is 2.48. The number of carbonyl (C=O) groups is 1.